The quantitative estimate of drug-likeness (QED) is 0.742. The molecule has 0 amide bonds. The topological polar surface area (TPSA) is 52.6 Å². The molecule has 0 unspecified atom stereocenters. The first-order valence-corrected chi connectivity index (χ1v) is 7.98. The van der Waals surface area contributed by atoms with Crippen molar-refractivity contribution in [1.82, 2.24) is 0 Å². The molecule has 26 heavy (non-hydrogen) atoms. The Morgan fingerprint density at radius 2 is 1.54 bits per heavy atom. The lowest BCUT2D eigenvalue weighted by Crippen LogP contribution is -2.18. The van der Waals surface area contributed by atoms with Crippen molar-refractivity contribution >= 4 is 11.6 Å². The third-order valence-electron chi connectivity index (χ3n) is 3.98. The van der Waals surface area contributed by atoms with E-state index in [-0.39, 0.29) is 24.2 Å². The number of Topliss-reactive ketones (excluding diaryl/α,β-unsaturated/α-hetero) is 2. The van der Waals surface area contributed by atoms with Crippen LogP contribution in [0.4, 0.5) is 13.2 Å². The molecular weight excluding hydrogens is 349 g/mol. The van der Waals surface area contributed by atoms with E-state index in [0.29, 0.717) is 30.3 Å². The van der Waals surface area contributed by atoms with Crippen LogP contribution in [0.5, 0.6) is 11.5 Å². The summed E-state index contributed by atoms with van der Waals surface area (Å²) < 4.78 is 48.5. The smallest absolute Gasteiger partial charge is 0.416 e. The Bertz CT molecular complexity index is 826. The maximum atomic E-state index is 12.5. The summed E-state index contributed by atoms with van der Waals surface area (Å²) in [5.74, 6) is 0.170. The lowest BCUT2D eigenvalue weighted by Gasteiger charge is -2.20. The SMILES string of the molecule is O=C(CCC(=O)c1cccc2c1OCCO2)c1ccc(C(F)(F)F)cc1. The van der Waals surface area contributed by atoms with Crippen LogP contribution in [0, 0.1) is 0 Å². The summed E-state index contributed by atoms with van der Waals surface area (Å²) in [4.78, 5) is 24.5. The van der Waals surface area contributed by atoms with Gasteiger partial charge in [-0.25, -0.2) is 0 Å². The van der Waals surface area contributed by atoms with Gasteiger partial charge in [0, 0.05) is 18.4 Å². The Morgan fingerprint density at radius 1 is 0.885 bits per heavy atom. The van der Waals surface area contributed by atoms with Crippen molar-refractivity contribution in [2.24, 2.45) is 0 Å². The highest BCUT2D eigenvalue weighted by atomic mass is 19.4. The van der Waals surface area contributed by atoms with E-state index in [1.807, 2.05) is 0 Å². The van der Waals surface area contributed by atoms with E-state index in [9.17, 15) is 22.8 Å². The second kappa shape index (κ2) is 7.19. The predicted octanol–water partition coefficient (Wildman–Crippen LogP) is 4.32. The van der Waals surface area contributed by atoms with E-state index in [2.05, 4.69) is 0 Å². The Hall–Kier alpha value is -2.83. The van der Waals surface area contributed by atoms with Crippen molar-refractivity contribution in [3.63, 3.8) is 0 Å². The van der Waals surface area contributed by atoms with Crippen molar-refractivity contribution in [3.8, 4) is 11.5 Å². The standard InChI is InChI=1S/C19H15F3O4/c20-19(21,22)13-6-4-12(5-7-13)15(23)8-9-16(24)14-2-1-3-17-18(14)26-11-10-25-17/h1-7H,8-11H2. The monoisotopic (exact) mass is 364 g/mol. The number of ketones is 2. The molecular formula is C19H15F3O4. The fourth-order valence-corrected chi connectivity index (χ4v) is 2.64. The van der Waals surface area contributed by atoms with Crippen molar-refractivity contribution in [1.29, 1.82) is 0 Å². The van der Waals surface area contributed by atoms with Gasteiger partial charge in [-0.3, -0.25) is 9.59 Å². The van der Waals surface area contributed by atoms with Gasteiger partial charge in [-0.2, -0.15) is 13.2 Å². The van der Waals surface area contributed by atoms with Gasteiger partial charge >= 0.3 is 6.18 Å². The molecule has 136 valence electrons. The third-order valence-corrected chi connectivity index (χ3v) is 3.98. The highest BCUT2D eigenvalue weighted by Gasteiger charge is 2.30. The second-order valence-corrected chi connectivity index (χ2v) is 5.75. The van der Waals surface area contributed by atoms with Gasteiger partial charge in [0.15, 0.2) is 23.1 Å². The van der Waals surface area contributed by atoms with Gasteiger partial charge in [0.25, 0.3) is 0 Å². The molecule has 0 fully saturated rings. The normalized spacial score (nSPS) is 13.3. The molecule has 0 bridgehead atoms. The number of hydrogen-bond donors (Lipinski definition) is 0. The molecule has 0 saturated heterocycles. The van der Waals surface area contributed by atoms with E-state index in [1.54, 1.807) is 18.2 Å². The fraction of sp³-hybridized carbons (Fsp3) is 0.263. The van der Waals surface area contributed by atoms with Crippen LogP contribution >= 0.6 is 0 Å². The Kier molecular flexibility index (Phi) is 4.97. The maximum Gasteiger partial charge on any atom is 0.416 e. The molecule has 4 nitrogen and oxygen atoms in total. The average molecular weight is 364 g/mol. The zero-order valence-electron chi connectivity index (χ0n) is 13.6. The summed E-state index contributed by atoms with van der Waals surface area (Å²) in [5.41, 5.74) is -0.346. The molecule has 0 saturated carbocycles. The summed E-state index contributed by atoms with van der Waals surface area (Å²) in [6, 6.07) is 8.91. The van der Waals surface area contributed by atoms with Crippen molar-refractivity contribution in [2.45, 2.75) is 19.0 Å². The van der Waals surface area contributed by atoms with Gasteiger partial charge in [0.1, 0.15) is 13.2 Å². The van der Waals surface area contributed by atoms with Crippen LogP contribution in [0.1, 0.15) is 39.1 Å². The maximum absolute atomic E-state index is 12.5. The average Bonchev–Trinajstić information content (AvgIpc) is 2.64. The summed E-state index contributed by atoms with van der Waals surface area (Å²) in [6.07, 6.45) is -4.62. The number of rotatable bonds is 5. The summed E-state index contributed by atoms with van der Waals surface area (Å²) in [5, 5.41) is 0. The molecule has 2 aromatic carbocycles. The Morgan fingerprint density at radius 3 is 2.23 bits per heavy atom. The summed E-state index contributed by atoms with van der Waals surface area (Å²) >= 11 is 0. The van der Waals surface area contributed by atoms with Gasteiger partial charge in [-0.15, -0.1) is 0 Å². The number of ether oxygens (including phenoxy) is 2. The molecule has 0 N–H and O–H groups in total. The largest absolute Gasteiger partial charge is 0.486 e. The van der Waals surface area contributed by atoms with Gasteiger partial charge in [-0.05, 0) is 24.3 Å². The van der Waals surface area contributed by atoms with Crippen LogP contribution in [0.3, 0.4) is 0 Å². The number of alkyl halides is 3. The van der Waals surface area contributed by atoms with Crippen molar-refractivity contribution in [2.75, 3.05) is 13.2 Å². The van der Waals surface area contributed by atoms with E-state index >= 15 is 0 Å². The van der Waals surface area contributed by atoms with Crippen LogP contribution in [-0.4, -0.2) is 24.8 Å². The summed E-state index contributed by atoms with van der Waals surface area (Å²) in [7, 11) is 0. The zero-order chi connectivity index (χ0) is 18.7. The van der Waals surface area contributed by atoms with Gasteiger partial charge in [0.2, 0.25) is 0 Å². The molecule has 0 spiro atoms. The van der Waals surface area contributed by atoms with Gasteiger partial charge in [0.05, 0.1) is 11.1 Å². The molecule has 3 rings (SSSR count). The van der Waals surface area contributed by atoms with Crippen LogP contribution in [-0.2, 0) is 6.18 Å². The number of carbonyl (C=O) groups excluding carboxylic acids is 2. The van der Waals surface area contributed by atoms with E-state index in [1.165, 1.54) is 0 Å². The molecule has 2 aromatic rings. The second-order valence-electron chi connectivity index (χ2n) is 5.75. The van der Waals surface area contributed by atoms with Crippen molar-refractivity contribution < 1.29 is 32.2 Å². The lowest BCUT2D eigenvalue weighted by molar-refractivity contribution is -0.137. The number of halogens is 3. The van der Waals surface area contributed by atoms with Crippen LogP contribution < -0.4 is 9.47 Å². The first kappa shape index (κ1) is 18.0. The van der Waals surface area contributed by atoms with E-state index in [0.717, 1.165) is 24.3 Å². The first-order chi connectivity index (χ1) is 12.4. The Balaban J connectivity index is 1.65. The zero-order valence-corrected chi connectivity index (χ0v) is 13.6. The van der Waals surface area contributed by atoms with Crippen LogP contribution in [0.2, 0.25) is 0 Å². The minimum Gasteiger partial charge on any atom is -0.486 e. The molecule has 0 radical (unpaired) electrons. The minimum absolute atomic E-state index is 0.0698. The highest BCUT2D eigenvalue weighted by Crippen LogP contribution is 2.34. The molecule has 7 heteroatoms. The van der Waals surface area contributed by atoms with E-state index in [4.69, 9.17) is 9.47 Å². The highest BCUT2D eigenvalue weighted by molar-refractivity contribution is 6.03. The molecule has 1 aliphatic rings. The Labute approximate surface area is 147 Å². The summed E-state index contributed by atoms with van der Waals surface area (Å²) in [6.45, 7) is 0.735. The number of benzene rings is 2. The molecule has 0 aromatic heterocycles. The molecule has 1 aliphatic heterocycles. The lowest BCUT2D eigenvalue weighted by atomic mass is 10.00. The molecule has 0 aliphatic carbocycles. The van der Waals surface area contributed by atoms with Gasteiger partial charge in [-0.1, -0.05) is 18.2 Å². The van der Waals surface area contributed by atoms with Crippen LogP contribution in [0.25, 0.3) is 0 Å². The fourth-order valence-electron chi connectivity index (χ4n) is 2.64. The number of para-hydroxylation sites is 1. The first-order valence-electron chi connectivity index (χ1n) is 7.98. The molecule has 1 heterocycles. The van der Waals surface area contributed by atoms with E-state index < -0.39 is 17.5 Å². The number of fused-ring (bicyclic) bond motifs is 1. The number of hydrogen-bond acceptors (Lipinski definition) is 4. The predicted molar refractivity (Wildman–Crippen MR) is 86.8 cm³/mol. The molecule has 0 atom stereocenters. The van der Waals surface area contributed by atoms with Crippen molar-refractivity contribution in [3.05, 3.63) is 59.2 Å². The minimum atomic E-state index is -4.45. The number of carbonyl (C=O) groups is 2. The third kappa shape index (κ3) is 3.87. The van der Waals surface area contributed by atoms with Gasteiger partial charge < -0.3 is 9.47 Å². The van der Waals surface area contributed by atoms with Crippen LogP contribution in [0.15, 0.2) is 42.5 Å².